The van der Waals surface area contributed by atoms with E-state index in [0.717, 1.165) is 32.0 Å². The van der Waals surface area contributed by atoms with E-state index in [9.17, 15) is 9.59 Å². The van der Waals surface area contributed by atoms with Crippen LogP contribution in [0.5, 0.6) is 0 Å². The summed E-state index contributed by atoms with van der Waals surface area (Å²) in [6.45, 7) is 4.51. The van der Waals surface area contributed by atoms with E-state index < -0.39 is 0 Å². The lowest BCUT2D eigenvalue weighted by molar-refractivity contribution is -0.127. The monoisotopic (exact) mass is 394 g/mol. The molecule has 0 amide bonds. The molecule has 0 aliphatic heterocycles. The van der Waals surface area contributed by atoms with Gasteiger partial charge in [-0.3, -0.25) is 4.79 Å². The van der Waals surface area contributed by atoms with Crippen LogP contribution in [0.3, 0.4) is 0 Å². The van der Waals surface area contributed by atoms with Crippen LogP contribution in [-0.4, -0.2) is 12.1 Å². The number of carbonyl (C=O) groups excluding carboxylic acids is 2. The molecular formula is C26H50O2. The van der Waals surface area contributed by atoms with Gasteiger partial charge in [-0.25, -0.2) is 0 Å². The van der Waals surface area contributed by atoms with Crippen LogP contribution in [0.15, 0.2) is 0 Å². The van der Waals surface area contributed by atoms with Gasteiger partial charge in [-0.1, -0.05) is 129 Å². The quantitative estimate of drug-likeness (QED) is 0.0987. The SMILES string of the molecule is CCCCCCCCCCCCC(C=O)C(=O)CCCCCCCCCCC. The molecule has 0 bridgehead atoms. The minimum absolute atomic E-state index is 0.189. The lowest BCUT2D eigenvalue weighted by Gasteiger charge is -2.09. The van der Waals surface area contributed by atoms with Crippen molar-refractivity contribution in [1.82, 2.24) is 0 Å². The maximum atomic E-state index is 12.2. The highest BCUT2D eigenvalue weighted by Crippen LogP contribution is 2.16. The zero-order valence-electron chi connectivity index (χ0n) is 19.3. The van der Waals surface area contributed by atoms with Crippen LogP contribution in [-0.2, 0) is 9.59 Å². The second-order valence-corrected chi connectivity index (χ2v) is 8.76. The van der Waals surface area contributed by atoms with E-state index in [4.69, 9.17) is 0 Å². The number of hydrogen-bond donors (Lipinski definition) is 0. The first-order valence-electron chi connectivity index (χ1n) is 12.7. The summed E-state index contributed by atoms with van der Waals surface area (Å²) in [6, 6.07) is 0. The molecule has 1 atom stereocenters. The second-order valence-electron chi connectivity index (χ2n) is 8.76. The molecule has 0 saturated heterocycles. The molecule has 0 aromatic rings. The minimum Gasteiger partial charge on any atom is -0.303 e. The summed E-state index contributed by atoms with van der Waals surface area (Å²) in [7, 11) is 0. The number of ketones is 1. The van der Waals surface area contributed by atoms with Crippen molar-refractivity contribution in [2.45, 2.75) is 149 Å². The normalized spacial score (nSPS) is 12.2. The molecule has 0 heterocycles. The van der Waals surface area contributed by atoms with Crippen molar-refractivity contribution in [1.29, 1.82) is 0 Å². The molecule has 0 N–H and O–H groups in total. The lowest BCUT2D eigenvalue weighted by atomic mass is 9.94. The maximum Gasteiger partial charge on any atom is 0.143 e. The summed E-state index contributed by atoms with van der Waals surface area (Å²) in [4.78, 5) is 23.5. The summed E-state index contributed by atoms with van der Waals surface area (Å²) < 4.78 is 0. The van der Waals surface area contributed by atoms with Crippen LogP contribution in [0.4, 0.5) is 0 Å². The molecule has 0 fully saturated rings. The van der Waals surface area contributed by atoms with Crippen LogP contribution in [0.2, 0.25) is 0 Å². The molecule has 0 saturated carbocycles. The maximum absolute atomic E-state index is 12.2. The summed E-state index contributed by atoms with van der Waals surface area (Å²) in [5.41, 5.74) is 0. The summed E-state index contributed by atoms with van der Waals surface area (Å²) in [5, 5.41) is 0. The number of unbranched alkanes of at least 4 members (excludes halogenated alkanes) is 17. The third-order valence-corrected chi connectivity index (χ3v) is 5.97. The third kappa shape index (κ3) is 18.7. The van der Waals surface area contributed by atoms with E-state index in [1.807, 2.05) is 0 Å². The predicted octanol–water partition coefficient (Wildman–Crippen LogP) is 8.60. The predicted molar refractivity (Wildman–Crippen MR) is 123 cm³/mol. The highest BCUT2D eigenvalue weighted by atomic mass is 16.1. The van der Waals surface area contributed by atoms with Gasteiger partial charge in [-0.2, -0.15) is 0 Å². The standard InChI is InChI=1S/C26H50O2/c1-3-5-7-9-11-13-15-16-18-20-22-25(24-27)26(28)23-21-19-17-14-12-10-8-6-4-2/h24-25H,3-23H2,1-2H3. The Morgan fingerprint density at radius 1 is 0.571 bits per heavy atom. The van der Waals surface area contributed by atoms with Crippen molar-refractivity contribution in [3.8, 4) is 0 Å². The molecule has 2 nitrogen and oxygen atoms in total. The van der Waals surface area contributed by atoms with Crippen LogP contribution in [0, 0.1) is 5.92 Å². The fourth-order valence-electron chi connectivity index (χ4n) is 3.95. The topological polar surface area (TPSA) is 34.1 Å². The van der Waals surface area contributed by atoms with Gasteiger partial charge in [0.15, 0.2) is 0 Å². The molecule has 0 spiro atoms. The highest BCUT2D eigenvalue weighted by molar-refractivity contribution is 5.93. The molecular weight excluding hydrogens is 344 g/mol. The fraction of sp³-hybridized carbons (Fsp3) is 0.923. The van der Waals surface area contributed by atoms with Gasteiger partial charge < -0.3 is 4.79 Å². The van der Waals surface area contributed by atoms with Crippen molar-refractivity contribution >= 4 is 12.1 Å². The van der Waals surface area contributed by atoms with Gasteiger partial charge in [0, 0.05) is 6.42 Å². The molecule has 0 aliphatic carbocycles. The molecule has 0 aliphatic rings. The number of rotatable bonds is 23. The average molecular weight is 395 g/mol. The first-order valence-corrected chi connectivity index (χ1v) is 12.7. The van der Waals surface area contributed by atoms with Gasteiger partial charge in [-0.15, -0.1) is 0 Å². The molecule has 0 aromatic heterocycles. The van der Waals surface area contributed by atoms with Gasteiger partial charge in [0.2, 0.25) is 0 Å². The number of carbonyl (C=O) groups is 2. The molecule has 0 rings (SSSR count). The van der Waals surface area contributed by atoms with E-state index in [2.05, 4.69) is 13.8 Å². The average Bonchev–Trinajstić information content (AvgIpc) is 2.70. The Labute approximate surface area is 176 Å². The Bertz CT molecular complexity index is 337. The number of hydrogen-bond acceptors (Lipinski definition) is 2. The molecule has 2 heteroatoms. The van der Waals surface area contributed by atoms with Gasteiger partial charge in [0.25, 0.3) is 0 Å². The fourth-order valence-corrected chi connectivity index (χ4v) is 3.95. The number of Topliss-reactive ketones (excluding diaryl/α,β-unsaturated/α-hetero) is 1. The first kappa shape index (κ1) is 27.3. The van der Waals surface area contributed by atoms with Crippen molar-refractivity contribution in [2.75, 3.05) is 0 Å². The second kappa shape index (κ2) is 22.6. The van der Waals surface area contributed by atoms with Crippen molar-refractivity contribution in [3.05, 3.63) is 0 Å². The van der Waals surface area contributed by atoms with Crippen LogP contribution in [0.25, 0.3) is 0 Å². The highest BCUT2D eigenvalue weighted by Gasteiger charge is 2.16. The minimum atomic E-state index is -0.330. The van der Waals surface area contributed by atoms with Gasteiger partial charge in [0.1, 0.15) is 12.1 Å². The van der Waals surface area contributed by atoms with Crippen LogP contribution >= 0.6 is 0 Å². The Morgan fingerprint density at radius 2 is 0.929 bits per heavy atom. The smallest absolute Gasteiger partial charge is 0.143 e. The van der Waals surface area contributed by atoms with E-state index in [1.54, 1.807) is 0 Å². The molecule has 166 valence electrons. The Morgan fingerprint density at radius 3 is 1.32 bits per heavy atom. The largest absolute Gasteiger partial charge is 0.303 e. The zero-order valence-corrected chi connectivity index (χ0v) is 19.3. The van der Waals surface area contributed by atoms with E-state index >= 15 is 0 Å². The van der Waals surface area contributed by atoms with Crippen molar-refractivity contribution < 1.29 is 9.59 Å². The first-order chi connectivity index (χ1) is 13.8. The van der Waals surface area contributed by atoms with Crippen LogP contribution in [0.1, 0.15) is 149 Å². The van der Waals surface area contributed by atoms with Crippen LogP contribution < -0.4 is 0 Å². The molecule has 0 aromatic carbocycles. The Kier molecular flexibility index (Phi) is 22.1. The summed E-state index contributed by atoms with van der Waals surface area (Å²) >= 11 is 0. The molecule has 0 radical (unpaired) electrons. The van der Waals surface area contributed by atoms with E-state index in [0.29, 0.717) is 6.42 Å². The zero-order chi connectivity index (χ0) is 20.7. The van der Waals surface area contributed by atoms with Crippen molar-refractivity contribution in [3.63, 3.8) is 0 Å². The lowest BCUT2D eigenvalue weighted by Crippen LogP contribution is -2.15. The van der Waals surface area contributed by atoms with Gasteiger partial charge >= 0.3 is 0 Å². The van der Waals surface area contributed by atoms with Gasteiger partial charge in [0.05, 0.1) is 5.92 Å². The number of aldehydes is 1. The Hall–Kier alpha value is -0.660. The van der Waals surface area contributed by atoms with E-state index in [1.165, 1.54) is 103 Å². The Balaban J connectivity index is 3.49. The van der Waals surface area contributed by atoms with Gasteiger partial charge in [-0.05, 0) is 12.8 Å². The van der Waals surface area contributed by atoms with Crippen molar-refractivity contribution in [2.24, 2.45) is 5.92 Å². The summed E-state index contributed by atoms with van der Waals surface area (Å²) in [5.74, 6) is -0.142. The molecule has 1 unspecified atom stereocenters. The third-order valence-electron chi connectivity index (χ3n) is 5.97. The summed E-state index contributed by atoms with van der Waals surface area (Å²) in [6.07, 6.45) is 26.6. The molecule has 28 heavy (non-hydrogen) atoms. The van der Waals surface area contributed by atoms with E-state index in [-0.39, 0.29) is 11.7 Å².